The van der Waals surface area contributed by atoms with Crippen molar-refractivity contribution in [2.24, 2.45) is 5.92 Å². The van der Waals surface area contributed by atoms with Gasteiger partial charge in [-0.05, 0) is 49.1 Å². The molecule has 0 amide bonds. The molecule has 3 heterocycles. The van der Waals surface area contributed by atoms with Crippen LogP contribution in [0.15, 0.2) is 36.8 Å². The second-order valence-electron chi connectivity index (χ2n) is 7.61. The van der Waals surface area contributed by atoms with Gasteiger partial charge in [0.25, 0.3) is 0 Å². The molecule has 8 nitrogen and oxygen atoms in total. The molecule has 0 unspecified atom stereocenters. The lowest BCUT2D eigenvalue weighted by Gasteiger charge is -2.32. The van der Waals surface area contributed by atoms with E-state index in [0.717, 1.165) is 61.1 Å². The van der Waals surface area contributed by atoms with E-state index in [-0.39, 0.29) is 6.73 Å². The van der Waals surface area contributed by atoms with Gasteiger partial charge in [-0.1, -0.05) is 11.6 Å². The van der Waals surface area contributed by atoms with E-state index in [2.05, 4.69) is 31.4 Å². The third-order valence-corrected chi connectivity index (χ3v) is 5.74. The number of ether oxygens (including phenoxy) is 1. The van der Waals surface area contributed by atoms with Crippen molar-refractivity contribution in [3.8, 4) is 0 Å². The minimum Gasteiger partial charge on any atom is -0.361 e. The smallest absolute Gasteiger partial charge is 0.225 e. The number of nitrogens with one attached hydrogen (secondary N) is 3. The van der Waals surface area contributed by atoms with Crippen LogP contribution in [0.2, 0.25) is 5.02 Å². The first kappa shape index (κ1) is 21.0. The average Bonchev–Trinajstić information content (AvgIpc) is 3.17. The maximum atomic E-state index is 8.51. The molecule has 0 aliphatic carbocycles. The number of piperidine rings is 1. The zero-order chi connectivity index (χ0) is 20.8. The molecule has 3 aromatic rings. The molecule has 4 rings (SSSR count). The highest BCUT2D eigenvalue weighted by atomic mass is 35.5. The molecule has 4 N–H and O–H groups in total. The van der Waals surface area contributed by atoms with Crippen LogP contribution >= 0.6 is 11.6 Å². The maximum Gasteiger partial charge on any atom is 0.225 e. The molecule has 1 fully saturated rings. The number of benzene rings is 1. The van der Waals surface area contributed by atoms with Crippen molar-refractivity contribution in [2.75, 3.05) is 31.3 Å². The predicted molar refractivity (Wildman–Crippen MR) is 117 cm³/mol. The predicted octanol–water partition coefficient (Wildman–Crippen LogP) is 3.07. The van der Waals surface area contributed by atoms with Crippen molar-refractivity contribution in [2.45, 2.75) is 26.0 Å². The second-order valence-corrected chi connectivity index (χ2v) is 8.04. The maximum absolute atomic E-state index is 8.51. The molecule has 160 valence electrons. The molecule has 0 saturated carbocycles. The Balaban J connectivity index is 1.21. The molecule has 1 aliphatic heterocycles. The van der Waals surface area contributed by atoms with Crippen LogP contribution in [0.5, 0.6) is 0 Å². The van der Waals surface area contributed by atoms with Crippen LogP contribution in [0.25, 0.3) is 10.9 Å². The summed E-state index contributed by atoms with van der Waals surface area (Å²) in [6.07, 6.45) is 7.84. The number of H-pyrrole nitrogens is 1. The number of hydrogen-bond donors (Lipinski definition) is 4. The van der Waals surface area contributed by atoms with Crippen LogP contribution < -0.4 is 15.7 Å². The average molecular weight is 431 g/mol. The number of anilines is 1. The fourth-order valence-corrected chi connectivity index (χ4v) is 4.02. The number of halogens is 1. The van der Waals surface area contributed by atoms with Crippen LogP contribution in [-0.4, -0.2) is 46.5 Å². The van der Waals surface area contributed by atoms with Gasteiger partial charge in [-0.2, -0.15) is 5.48 Å². The Hall–Kier alpha value is -2.23. The Morgan fingerprint density at radius 1 is 1.23 bits per heavy atom. The molecular formula is C21H27ClN6O2. The number of aromatic nitrogens is 3. The van der Waals surface area contributed by atoms with E-state index in [1.165, 1.54) is 10.9 Å². The van der Waals surface area contributed by atoms with Gasteiger partial charge in [0.05, 0.1) is 6.61 Å². The van der Waals surface area contributed by atoms with Crippen LogP contribution in [0.1, 0.15) is 24.0 Å². The summed E-state index contributed by atoms with van der Waals surface area (Å²) in [6.45, 7) is 4.19. The number of hydrogen-bond acceptors (Lipinski definition) is 7. The summed E-state index contributed by atoms with van der Waals surface area (Å²) in [5.74, 6) is 1.41. The number of aromatic amines is 1. The Morgan fingerprint density at radius 3 is 2.80 bits per heavy atom. The number of nitrogens with zero attached hydrogens (tertiary/aromatic N) is 3. The van der Waals surface area contributed by atoms with Gasteiger partial charge in [0.2, 0.25) is 5.95 Å². The number of fused-ring (bicyclic) bond motifs is 1. The van der Waals surface area contributed by atoms with E-state index in [0.29, 0.717) is 12.5 Å². The third-order valence-electron chi connectivity index (χ3n) is 5.50. The molecule has 1 saturated heterocycles. The molecule has 1 aromatic carbocycles. The van der Waals surface area contributed by atoms with Gasteiger partial charge in [0.1, 0.15) is 6.73 Å². The standard InChI is InChI=1S/C21H27ClN6O2/c22-18-1-2-20-19(7-18)17(12-24-20)11-23-8-15-3-5-28(6-4-15)21-25-9-16(10-26-21)13-30-14-27-29/h1-2,7,9-10,12,15,23-24,27,29H,3-6,8,11,13-14H2. The molecule has 0 bridgehead atoms. The topological polar surface area (TPSA) is 98.3 Å². The van der Waals surface area contributed by atoms with E-state index >= 15 is 0 Å². The van der Waals surface area contributed by atoms with E-state index in [1.54, 1.807) is 12.4 Å². The largest absolute Gasteiger partial charge is 0.361 e. The Labute approximate surface area is 180 Å². The Bertz CT molecular complexity index is 940. The van der Waals surface area contributed by atoms with Gasteiger partial charge in [0.15, 0.2) is 0 Å². The van der Waals surface area contributed by atoms with Gasteiger partial charge >= 0.3 is 0 Å². The minimum atomic E-state index is 0.0807. The van der Waals surface area contributed by atoms with E-state index in [1.807, 2.05) is 23.7 Å². The molecule has 1 aliphatic rings. The summed E-state index contributed by atoms with van der Waals surface area (Å²) in [5, 5.41) is 14.1. The lowest BCUT2D eigenvalue weighted by Crippen LogP contribution is -2.38. The number of rotatable bonds is 9. The Morgan fingerprint density at radius 2 is 2.03 bits per heavy atom. The summed E-state index contributed by atoms with van der Waals surface area (Å²) >= 11 is 6.14. The van der Waals surface area contributed by atoms with Gasteiger partial charge in [0, 0.05) is 59.7 Å². The molecule has 2 aromatic heterocycles. The Kier molecular flexibility index (Phi) is 7.14. The summed E-state index contributed by atoms with van der Waals surface area (Å²) in [4.78, 5) is 14.5. The van der Waals surface area contributed by atoms with Crippen LogP contribution in [-0.2, 0) is 17.9 Å². The minimum absolute atomic E-state index is 0.0807. The van der Waals surface area contributed by atoms with Crippen molar-refractivity contribution >= 4 is 28.5 Å². The normalized spacial score (nSPS) is 15.2. The second kappa shape index (κ2) is 10.2. The monoisotopic (exact) mass is 430 g/mol. The lowest BCUT2D eigenvalue weighted by atomic mass is 9.97. The van der Waals surface area contributed by atoms with E-state index in [9.17, 15) is 0 Å². The highest BCUT2D eigenvalue weighted by molar-refractivity contribution is 6.31. The molecule has 9 heteroatoms. The first-order chi connectivity index (χ1) is 14.7. The summed E-state index contributed by atoms with van der Waals surface area (Å²) in [6, 6.07) is 5.94. The first-order valence-electron chi connectivity index (χ1n) is 10.2. The first-order valence-corrected chi connectivity index (χ1v) is 10.6. The molecule has 0 atom stereocenters. The quantitative estimate of drug-likeness (QED) is 0.235. The van der Waals surface area contributed by atoms with Gasteiger partial charge in [-0.15, -0.1) is 0 Å². The van der Waals surface area contributed by atoms with Crippen LogP contribution in [0, 0.1) is 5.92 Å². The fourth-order valence-electron chi connectivity index (χ4n) is 3.85. The highest BCUT2D eigenvalue weighted by Crippen LogP contribution is 2.23. The summed E-state index contributed by atoms with van der Waals surface area (Å²) in [7, 11) is 0. The van der Waals surface area contributed by atoms with Crippen LogP contribution in [0.3, 0.4) is 0 Å². The van der Waals surface area contributed by atoms with Crippen LogP contribution in [0.4, 0.5) is 5.95 Å². The van der Waals surface area contributed by atoms with Gasteiger partial charge in [-0.3, -0.25) is 0 Å². The van der Waals surface area contributed by atoms with Crippen molar-refractivity contribution < 1.29 is 9.94 Å². The SMILES string of the molecule is ONCOCc1cnc(N2CCC(CNCc3c[nH]c4ccc(Cl)cc34)CC2)nc1. The van der Waals surface area contributed by atoms with Crippen molar-refractivity contribution in [1.82, 2.24) is 25.7 Å². The lowest BCUT2D eigenvalue weighted by molar-refractivity contribution is 0.0151. The van der Waals surface area contributed by atoms with Gasteiger partial charge in [-0.25, -0.2) is 9.97 Å². The number of hydroxylamine groups is 1. The van der Waals surface area contributed by atoms with Gasteiger partial charge < -0.3 is 25.1 Å². The zero-order valence-electron chi connectivity index (χ0n) is 16.8. The zero-order valence-corrected chi connectivity index (χ0v) is 17.5. The molecule has 30 heavy (non-hydrogen) atoms. The fraction of sp³-hybridized carbons (Fsp3) is 0.429. The van der Waals surface area contributed by atoms with Crippen molar-refractivity contribution in [3.63, 3.8) is 0 Å². The molecular weight excluding hydrogens is 404 g/mol. The van der Waals surface area contributed by atoms with E-state index in [4.69, 9.17) is 21.5 Å². The van der Waals surface area contributed by atoms with Crippen molar-refractivity contribution in [3.05, 3.63) is 52.9 Å². The third kappa shape index (κ3) is 5.27. The van der Waals surface area contributed by atoms with Crippen molar-refractivity contribution in [1.29, 1.82) is 0 Å². The molecule has 0 radical (unpaired) electrons. The molecule has 0 spiro atoms. The highest BCUT2D eigenvalue weighted by Gasteiger charge is 2.20. The van der Waals surface area contributed by atoms with E-state index < -0.39 is 0 Å². The summed E-state index contributed by atoms with van der Waals surface area (Å²) < 4.78 is 5.19. The summed E-state index contributed by atoms with van der Waals surface area (Å²) in [5.41, 5.74) is 5.20.